The molecule has 0 aliphatic carbocycles. The fourth-order valence-corrected chi connectivity index (χ4v) is 2.19. The van der Waals surface area contributed by atoms with Crippen molar-refractivity contribution in [3.05, 3.63) is 18.3 Å². The van der Waals surface area contributed by atoms with Crippen LogP contribution in [0.4, 0.5) is 11.5 Å². The van der Waals surface area contributed by atoms with Crippen molar-refractivity contribution in [2.75, 3.05) is 17.2 Å². The molecule has 2 atom stereocenters. The molecule has 1 aliphatic heterocycles. The Morgan fingerprint density at radius 2 is 2.21 bits per heavy atom. The molecule has 76 valence electrons. The quantitative estimate of drug-likeness (QED) is 0.737. The van der Waals surface area contributed by atoms with Crippen LogP contribution in [0.25, 0.3) is 0 Å². The van der Waals surface area contributed by atoms with E-state index in [-0.39, 0.29) is 0 Å². The minimum atomic E-state index is 0.598. The van der Waals surface area contributed by atoms with E-state index in [0.717, 1.165) is 24.0 Å². The second-order valence-electron chi connectivity index (χ2n) is 4.29. The molecule has 0 radical (unpaired) electrons. The number of nitrogens with zero attached hydrogens (tertiary/aromatic N) is 2. The second-order valence-corrected chi connectivity index (χ2v) is 4.29. The summed E-state index contributed by atoms with van der Waals surface area (Å²) >= 11 is 0. The highest BCUT2D eigenvalue weighted by molar-refractivity contribution is 5.47. The van der Waals surface area contributed by atoms with Gasteiger partial charge in [0.25, 0.3) is 0 Å². The summed E-state index contributed by atoms with van der Waals surface area (Å²) < 4.78 is 0. The van der Waals surface area contributed by atoms with Crippen LogP contribution in [0.15, 0.2) is 18.3 Å². The summed E-state index contributed by atoms with van der Waals surface area (Å²) in [5, 5.41) is 0. The molecular formula is C11H17N3. The van der Waals surface area contributed by atoms with Gasteiger partial charge < -0.3 is 10.6 Å². The lowest BCUT2D eigenvalue weighted by Gasteiger charge is -2.22. The molecule has 0 saturated carbocycles. The Hall–Kier alpha value is -1.25. The van der Waals surface area contributed by atoms with Crippen molar-refractivity contribution in [2.24, 2.45) is 5.92 Å². The largest absolute Gasteiger partial charge is 0.397 e. The second kappa shape index (κ2) is 3.48. The van der Waals surface area contributed by atoms with Gasteiger partial charge in [-0.15, -0.1) is 0 Å². The molecule has 3 heteroatoms. The maximum absolute atomic E-state index is 5.61. The average molecular weight is 191 g/mol. The van der Waals surface area contributed by atoms with Crippen molar-refractivity contribution in [2.45, 2.75) is 26.3 Å². The summed E-state index contributed by atoms with van der Waals surface area (Å²) in [5.41, 5.74) is 6.34. The zero-order chi connectivity index (χ0) is 10.1. The Bertz CT molecular complexity index is 307. The summed E-state index contributed by atoms with van der Waals surface area (Å²) in [4.78, 5) is 6.70. The fourth-order valence-electron chi connectivity index (χ4n) is 2.19. The van der Waals surface area contributed by atoms with Crippen LogP contribution in [-0.4, -0.2) is 17.6 Å². The summed E-state index contributed by atoms with van der Waals surface area (Å²) in [6, 6.07) is 4.52. The van der Waals surface area contributed by atoms with Gasteiger partial charge in [-0.05, 0) is 31.4 Å². The highest BCUT2D eigenvalue weighted by Gasteiger charge is 2.26. The lowest BCUT2D eigenvalue weighted by atomic mass is 10.1. The van der Waals surface area contributed by atoms with E-state index in [4.69, 9.17) is 5.73 Å². The number of hydrogen-bond donors (Lipinski definition) is 1. The van der Waals surface area contributed by atoms with Crippen LogP contribution in [0, 0.1) is 5.92 Å². The number of pyridine rings is 1. The molecule has 0 bridgehead atoms. The summed E-state index contributed by atoms with van der Waals surface area (Å²) in [6.45, 7) is 5.65. The van der Waals surface area contributed by atoms with Crippen LogP contribution >= 0.6 is 0 Å². The van der Waals surface area contributed by atoms with E-state index >= 15 is 0 Å². The van der Waals surface area contributed by atoms with E-state index in [9.17, 15) is 0 Å². The molecule has 2 unspecified atom stereocenters. The molecule has 1 aromatic rings. The van der Waals surface area contributed by atoms with Crippen molar-refractivity contribution in [3.8, 4) is 0 Å². The normalized spacial score (nSPS) is 26.9. The van der Waals surface area contributed by atoms with Gasteiger partial charge in [0.05, 0.1) is 11.9 Å². The monoisotopic (exact) mass is 191 g/mol. The Morgan fingerprint density at radius 3 is 2.71 bits per heavy atom. The molecule has 2 N–H and O–H groups in total. The van der Waals surface area contributed by atoms with Crippen LogP contribution in [0.2, 0.25) is 0 Å². The number of anilines is 2. The number of rotatable bonds is 1. The van der Waals surface area contributed by atoms with Gasteiger partial charge in [0, 0.05) is 12.6 Å². The first-order chi connectivity index (χ1) is 6.66. The zero-order valence-corrected chi connectivity index (χ0v) is 8.77. The highest BCUT2D eigenvalue weighted by Crippen LogP contribution is 2.27. The van der Waals surface area contributed by atoms with Gasteiger partial charge >= 0.3 is 0 Å². The third-order valence-electron chi connectivity index (χ3n) is 2.85. The van der Waals surface area contributed by atoms with Gasteiger partial charge in [0.2, 0.25) is 0 Å². The Balaban J connectivity index is 2.19. The predicted octanol–water partition coefficient (Wildman–Crippen LogP) is 1.90. The molecule has 2 rings (SSSR count). The molecule has 14 heavy (non-hydrogen) atoms. The van der Waals surface area contributed by atoms with Gasteiger partial charge in [0.1, 0.15) is 5.82 Å². The van der Waals surface area contributed by atoms with E-state index in [1.165, 1.54) is 6.42 Å². The first-order valence-electron chi connectivity index (χ1n) is 5.15. The van der Waals surface area contributed by atoms with Gasteiger partial charge in [-0.1, -0.05) is 6.92 Å². The van der Waals surface area contributed by atoms with Gasteiger partial charge in [-0.25, -0.2) is 4.98 Å². The van der Waals surface area contributed by atoms with Crippen molar-refractivity contribution < 1.29 is 0 Å². The van der Waals surface area contributed by atoms with Crippen molar-refractivity contribution in [1.82, 2.24) is 4.98 Å². The lowest BCUT2D eigenvalue weighted by molar-refractivity contribution is 0.625. The van der Waals surface area contributed by atoms with Crippen molar-refractivity contribution in [1.29, 1.82) is 0 Å². The first kappa shape index (κ1) is 9.31. The van der Waals surface area contributed by atoms with Gasteiger partial charge in [-0.3, -0.25) is 0 Å². The summed E-state index contributed by atoms with van der Waals surface area (Å²) in [5.74, 6) is 1.82. The minimum Gasteiger partial charge on any atom is -0.397 e. The van der Waals surface area contributed by atoms with Gasteiger partial charge in [0.15, 0.2) is 0 Å². The summed E-state index contributed by atoms with van der Waals surface area (Å²) in [6.07, 6.45) is 2.98. The van der Waals surface area contributed by atoms with Crippen LogP contribution in [0.5, 0.6) is 0 Å². The molecular weight excluding hydrogens is 174 g/mol. The minimum absolute atomic E-state index is 0.598. The topological polar surface area (TPSA) is 42.1 Å². The summed E-state index contributed by atoms with van der Waals surface area (Å²) in [7, 11) is 0. The smallest absolute Gasteiger partial charge is 0.128 e. The standard InChI is InChI=1S/C11H17N3/c1-8-5-9(2)14(7-8)11-4-3-10(12)6-13-11/h3-4,6,8-9H,5,7,12H2,1-2H3. The Labute approximate surface area is 84.9 Å². The van der Waals surface area contributed by atoms with E-state index in [0.29, 0.717) is 6.04 Å². The lowest BCUT2D eigenvalue weighted by Crippen LogP contribution is -2.27. The van der Waals surface area contributed by atoms with E-state index in [1.807, 2.05) is 12.1 Å². The molecule has 3 nitrogen and oxygen atoms in total. The average Bonchev–Trinajstić information content (AvgIpc) is 2.47. The van der Waals surface area contributed by atoms with Crippen molar-refractivity contribution in [3.63, 3.8) is 0 Å². The SMILES string of the molecule is CC1CC(C)N(c2ccc(N)cn2)C1. The van der Waals surface area contributed by atoms with E-state index in [2.05, 4.69) is 23.7 Å². The predicted molar refractivity (Wildman–Crippen MR) is 59.2 cm³/mol. The highest BCUT2D eigenvalue weighted by atomic mass is 15.2. The van der Waals surface area contributed by atoms with Crippen LogP contribution < -0.4 is 10.6 Å². The maximum Gasteiger partial charge on any atom is 0.128 e. The van der Waals surface area contributed by atoms with Gasteiger partial charge in [-0.2, -0.15) is 0 Å². The van der Waals surface area contributed by atoms with Crippen LogP contribution in [-0.2, 0) is 0 Å². The molecule has 0 spiro atoms. The molecule has 1 aliphatic rings. The Morgan fingerprint density at radius 1 is 1.43 bits per heavy atom. The molecule has 1 saturated heterocycles. The van der Waals surface area contributed by atoms with Crippen molar-refractivity contribution >= 4 is 11.5 Å². The van der Waals surface area contributed by atoms with E-state index < -0.39 is 0 Å². The molecule has 1 fully saturated rings. The number of aromatic nitrogens is 1. The third-order valence-corrected chi connectivity index (χ3v) is 2.85. The zero-order valence-electron chi connectivity index (χ0n) is 8.77. The van der Waals surface area contributed by atoms with Crippen LogP contribution in [0.1, 0.15) is 20.3 Å². The van der Waals surface area contributed by atoms with E-state index in [1.54, 1.807) is 6.20 Å². The molecule has 2 heterocycles. The fraction of sp³-hybridized carbons (Fsp3) is 0.545. The first-order valence-corrected chi connectivity index (χ1v) is 5.15. The Kier molecular flexibility index (Phi) is 2.32. The molecule has 0 aromatic carbocycles. The third kappa shape index (κ3) is 1.67. The van der Waals surface area contributed by atoms with Crippen LogP contribution in [0.3, 0.4) is 0 Å². The number of nitrogens with two attached hydrogens (primary N) is 1. The number of nitrogen functional groups attached to an aromatic ring is 1. The maximum atomic E-state index is 5.61. The molecule has 1 aromatic heterocycles. The molecule has 0 amide bonds. The number of hydrogen-bond acceptors (Lipinski definition) is 3.